The number of amides is 1. The number of aliphatic hydroxyl groups excluding tert-OH is 1. The molecule has 4 aromatic rings. The lowest BCUT2D eigenvalue weighted by atomic mass is 10.0. The Hall–Kier alpha value is -4.66. The van der Waals surface area contributed by atoms with Gasteiger partial charge in [-0.3, -0.25) is 4.79 Å². The standard InChI is InChI=1S/C36H39N3O5/c1-3-4-20-43-21-22-44-32-15-10-26(11-16-32)28-12-17-33-30(23-28)24-29(18-19-37-33)36(41)38-31-13-8-27(9-14-31)35(40)34-7-5-6-25(2)39(34)42/h5-17,23-24,35,37,40H,3-4,18-22H2,1-2H3,(H,38,41). The summed E-state index contributed by atoms with van der Waals surface area (Å²) in [6.45, 7) is 6.33. The highest BCUT2D eigenvalue weighted by molar-refractivity contribution is 6.07. The summed E-state index contributed by atoms with van der Waals surface area (Å²) in [5.41, 5.74) is 6.60. The van der Waals surface area contributed by atoms with Gasteiger partial charge in [0.2, 0.25) is 5.69 Å². The molecule has 1 aliphatic rings. The molecule has 0 aliphatic carbocycles. The highest BCUT2D eigenvalue weighted by Crippen LogP contribution is 2.31. The lowest BCUT2D eigenvalue weighted by Crippen LogP contribution is -2.36. The number of nitrogens with one attached hydrogen (secondary N) is 2. The minimum absolute atomic E-state index is 0.186. The minimum atomic E-state index is -1.07. The molecule has 0 bridgehead atoms. The van der Waals surface area contributed by atoms with Gasteiger partial charge in [-0.05, 0) is 83.6 Å². The Morgan fingerprint density at radius 2 is 1.77 bits per heavy atom. The number of carbonyl (C=O) groups is 1. The summed E-state index contributed by atoms with van der Waals surface area (Å²) in [6.07, 6.45) is 3.61. The second kappa shape index (κ2) is 14.7. The van der Waals surface area contributed by atoms with Crippen molar-refractivity contribution in [2.24, 2.45) is 0 Å². The third-order valence-corrected chi connectivity index (χ3v) is 7.63. The highest BCUT2D eigenvalue weighted by atomic mass is 16.5. The molecule has 0 radical (unpaired) electrons. The molecule has 0 spiro atoms. The van der Waals surface area contributed by atoms with Crippen LogP contribution in [-0.2, 0) is 9.53 Å². The molecule has 0 fully saturated rings. The number of fused-ring (bicyclic) bond motifs is 1. The minimum Gasteiger partial charge on any atom is -0.618 e. The van der Waals surface area contributed by atoms with Gasteiger partial charge < -0.3 is 30.4 Å². The van der Waals surface area contributed by atoms with E-state index in [9.17, 15) is 15.1 Å². The molecule has 8 nitrogen and oxygen atoms in total. The predicted molar refractivity (Wildman–Crippen MR) is 173 cm³/mol. The molecule has 1 aromatic heterocycles. The van der Waals surface area contributed by atoms with E-state index >= 15 is 0 Å². The van der Waals surface area contributed by atoms with Gasteiger partial charge in [-0.2, -0.15) is 4.73 Å². The smallest absolute Gasteiger partial charge is 0.251 e. The number of rotatable bonds is 12. The Balaban J connectivity index is 1.24. The van der Waals surface area contributed by atoms with Crippen molar-refractivity contribution in [1.29, 1.82) is 0 Å². The molecule has 1 aliphatic heterocycles. The van der Waals surface area contributed by atoms with Gasteiger partial charge in [-0.15, -0.1) is 0 Å². The van der Waals surface area contributed by atoms with Gasteiger partial charge in [0.25, 0.3) is 5.91 Å². The van der Waals surface area contributed by atoms with Crippen molar-refractivity contribution < 1.29 is 24.1 Å². The van der Waals surface area contributed by atoms with Gasteiger partial charge in [-0.1, -0.05) is 43.7 Å². The molecular weight excluding hydrogens is 554 g/mol. The summed E-state index contributed by atoms with van der Waals surface area (Å²) in [5.74, 6) is 0.615. The van der Waals surface area contributed by atoms with Crippen LogP contribution in [0, 0.1) is 12.1 Å². The van der Waals surface area contributed by atoms with Gasteiger partial charge in [0, 0.05) is 49.2 Å². The summed E-state index contributed by atoms with van der Waals surface area (Å²) in [5, 5.41) is 29.5. The SMILES string of the molecule is CCCCOCCOc1ccc(-c2ccc3c(c2)C=C(C(=O)Nc2ccc(C(O)c4cccc(C)[n+]4[O-])cc2)CCN3)cc1. The maximum Gasteiger partial charge on any atom is 0.251 e. The molecule has 0 saturated carbocycles. The van der Waals surface area contributed by atoms with Crippen LogP contribution < -0.4 is 20.1 Å². The molecular formula is C36H39N3O5. The van der Waals surface area contributed by atoms with E-state index < -0.39 is 6.10 Å². The van der Waals surface area contributed by atoms with Crippen molar-refractivity contribution in [3.8, 4) is 16.9 Å². The monoisotopic (exact) mass is 593 g/mol. The van der Waals surface area contributed by atoms with E-state index in [1.54, 1.807) is 49.4 Å². The van der Waals surface area contributed by atoms with Gasteiger partial charge in [-0.25, -0.2) is 0 Å². The number of aryl methyl sites for hydroxylation is 1. The van der Waals surface area contributed by atoms with Crippen molar-refractivity contribution in [3.63, 3.8) is 0 Å². The third-order valence-electron chi connectivity index (χ3n) is 7.63. The van der Waals surface area contributed by atoms with Crippen LogP contribution in [-0.4, -0.2) is 37.4 Å². The van der Waals surface area contributed by atoms with Crippen LogP contribution in [0.25, 0.3) is 17.2 Å². The lowest BCUT2D eigenvalue weighted by Gasteiger charge is -2.13. The van der Waals surface area contributed by atoms with Crippen LogP contribution in [0.2, 0.25) is 0 Å². The summed E-state index contributed by atoms with van der Waals surface area (Å²) < 4.78 is 12.1. The largest absolute Gasteiger partial charge is 0.618 e. The Bertz CT molecular complexity index is 1600. The first-order valence-electron chi connectivity index (χ1n) is 15.1. The van der Waals surface area contributed by atoms with Crippen LogP contribution in [0.5, 0.6) is 5.75 Å². The average Bonchev–Trinajstić information content (AvgIpc) is 3.27. The summed E-state index contributed by atoms with van der Waals surface area (Å²) in [7, 11) is 0. The van der Waals surface area contributed by atoms with Gasteiger partial charge >= 0.3 is 0 Å². The quantitative estimate of drug-likeness (QED) is 0.0996. The number of aliphatic hydroxyl groups is 1. The van der Waals surface area contributed by atoms with E-state index in [1.165, 1.54) is 0 Å². The normalized spacial score (nSPS) is 13.2. The van der Waals surface area contributed by atoms with Crippen molar-refractivity contribution in [2.75, 3.05) is 37.0 Å². The summed E-state index contributed by atoms with van der Waals surface area (Å²) in [4.78, 5) is 13.3. The van der Waals surface area contributed by atoms with Gasteiger partial charge in [0.15, 0.2) is 11.8 Å². The number of ether oxygens (including phenoxy) is 2. The van der Waals surface area contributed by atoms with Crippen molar-refractivity contribution in [3.05, 3.63) is 118 Å². The molecule has 2 heterocycles. The summed E-state index contributed by atoms with van der Waals surface area (Å²) >= 11 is 0. The zero-order chi connectivity index (χ0) is 30.9. The number of unbranched alkanes of at least 4 members (excludes halogenated alkanes) is 1. The topological polar surface area (TPSA) is 107 Å². The second-order valence-electron chi connectivity index (χ2n) is 10.9. The third kappa shape index (κ3) is 7.64. The molecule has 44 heavy (non-hydrogen) atoms. The first-order chi connectivity index (χ1) is 21.4. The number of carbonyl (C=O) groups excluding carboxylic acids is 1. The van der Waals surface area contributed by atoms with E-state index in [-0.39, 0.29) is 11.6 Å². The molecule has 1 unspecified atom stereocenters. The van der Waals surface area contributed by atoms with E-state index in [1.807, 2.05) is 36.4 Å². The Kier molecular flexibility index (Phi) is 10.3. The maximum atomic E-state index is 13.3. The van der Waals surface area contributed by atoms with Crippen LogP contribution in [0.1, 0.15) is 54.8 Å². The highest BCUT2D eigenvalue weighted by Gasteiger charge is 2.20. The van der Waals surface area contributed by atoms with E-state index in [0.29, 0.717) is 48.7 Å². The molecule has 8 heteroatoms. The van der Waals surface area contributed by atoms with E-state index in [2.05, 4.69) is 29.7 Å². The average molecular weight is 594 g/mol. The number of nitrogens with zero attached hydrogens (tertiary/aromatic N) is 1. The first kappa shape index (κ1) is 30.8. The number of aromatic nitrogens is 1. The zero-order valence-corrected chi connectivity index (χ0v) is 25.2. The molecule has 1 atom stereocenters. The fourth-order valence-corrected chi connectivity index (χ4v) is 5.06. The number of hydrogen-bond acceptors (Lipinski definition) is 6. The fraction of sp³-hybridized carbons (Fsp3) is 0.278. The van der Waals surface area contributed by atoms with Crippen molar-refractivity contribution in [2.45, 2.75) is 39.2 Å². The Morgan fingerprint density at radius 1 is 1.00 bits per heavy atom. The Morgan fingerprint density at radius 3 is 2.55 bits per heavy atom. The lowest BCUT2D eigenvalue weighted by molar-refractivity contribution is -0.624. The number of pyridine rings is 1. The molecule has 5 rings (SSSR count). The van der Waals surface area contributed by atoms with E-state index in [0.717, 1.165) is 52.3 Å². The fourth-order valence-electron chi connectivity index (χ4n) is 5.06. The number of hydrogen-bond donors (Lipinski definition) is 3. The molecule has 228 valence electrons. The summed E-state index contributed by atoms with van der Waals surface area (Å²) in [6, 6.07) is 26.1. The van der Waals surface area contributed by atoms with E-state index in [4.69, 9.17) is 9.47 Å². The molecule has 3 N–H and O–H groups in total. The molecule has 0 saturated heterocycles. The van der Waals surface area contributed by atoms with Gasteiger partial charge in [0.05, 0.1) is 6.61 Å². The van der Waals surface area contributed by atoms with Crippen LogP contribution in [0.15, 0.2) is 90.5 Å². The second-order valence-corrected chi connectivity index (χ2v) is 10.9. The molecule has 3 aromatic carbocycles. The predicted octanol–water partition coefficient (Wildman–Crippen LogP) is 6.41. The van der Waals surface area contributed by atoms with Crippen molar-refractivity contribution in [1.82, 2.24) is 0 Å². The van der Waals surface area contributed by atoms with Gasteiger partial charge in [0.1, 0.15) is 12.4 Å². The number of benzene rings is 3. The maximum absolute atomic E-state index is 13.3. The Labute approximate surface area is 258 Å². The molecule has 1 amide bonds. The van der Waals surface area contributed by atoms with Crippen LogP contribution in [0.4, 0.5) is 11.4 Å². The number of anilines is 2. The first-order valence-corrected chi connectivity index (χ1v) is 15.1. The van der Waals surface area contributed by atoms with Crippen LogP contribution >= 0.6 is 0 Å². The van der Waals surface area contributed by atoms with Crippen molar-refractivity contribution >= 4 is 23.4 Å². The van der Waals surface area contributed by atoms with Crippen LogP contribution in [0.3, 0.4) is 0 Å². The zero-order valence-electron chi connectivity index (χ0n) is 25.2.